The van der Waals surface area contributed by atoms with Gasteiger partial charge < -0.3 is 5.32 Å². The maximum atomic E-state index is 12.2. The summed E-state index contributed by atoms with van der Waals surface area (Å²) in [5.41, 5.74) is 8.43. The fraction of sp³-hybridized carbons (Fsp3) is 0.444. The van der Waals surface area contributed by atoms with Gasteiger partial charge in [-0.25, -0.2) is 10.1 Å². The molecule has 2 aromatic rings. The van der Waals surface area contributed by atoms with Crippen LogP contribution in [0.4, 0.5) is 0 Å². The fourth-order valence-corrected chi connectivity index (χ4v) is 3.00. The second-order valence-electron chi connectivity index (χ2n) is 6.23. The van der Waals surface area contributed by atoms with Crippen molar-refractivity contribution in [3.8, 4) is 5.69 Å². The zero-order valence-electron chi connectivity index (χ0n) is 14.0. The number of hydrazine groups is 1. The number of benzene rings is 1. The van der Waals surface area contributed by atoms with E-state index in [1.54, 1.807) is 0 Å². The zero-order chi connectivity index (χ0) is 16.8. The van der Waals surface area contributed by atoms with Crippen molar-refractivity contribution < 1.29 is 4.79 Å². The lowest BCUT2D eigenvalue weighted by Gasteiger charge is -2.10. The van der Waals surface area contributed by atoms with Crippen LogP contribution in [0.5, 0.6) is 0 Å². The van der Waals surface area contributed by atoms with Crippen molar-refractivity contribution in [3.05, 3.63) is 48.3 Å². The molecule has 1 amide bonds. The lowest BCUT2D eigenvalue weighted by atomic mass is 10.1. The maximum absolute atomic E-state index is 12.2. The first kappa shape index (κ1) is 16.7. The van der Waals surface area contributed by atoms with E-state index in [-0.39, 0.29) is 11.9 Å². The molecule has 3 N–H and O–H groups in total. The number of amides is 1. The number of hydrogen-bond donors (Lipinski definition) is 3. The van der Waals surface area contributed by atoms with E-state index >= 15 is 0 Å². The minimum absolute atomic E-state index is 0.0663. The van der Waals surface area contributed by atoms with E-state index in [0.717, 1.165) is 36.9 Å². The Morgan fingerprint density at radius 1 is 1.33 bits per heavy atom. The van der Waals surface area contributed by atoms with Crippen molar-refractivity contribution >= 4 is 5.91 Å². The van der Waals surface area contributed by atoms with Gasteiger partial charge in [0.1, 0.15) is 6.04 Å². The van der Waals surface area contributed by atoms with Crippen LogP contribution in [-0.4, -0.2) is 34.3 Å². The number of nitrogens with one attached hydrogen (secondary N) is 3. The van der Waals surface area contributed by atoms with Crippen LogP contribution < -0.4 is 16.2 Å². The molecule has 2 heterocycles. The van der Waals surface area contributed by atoms with Gasteiger partial charge in [0.2, 0.25) is 5.91 Å². The minimum atomic E-state index is -0.131. The van der Waals surface area contributed by atoms with Crippen LogP contribution in [0.1, 0.15) is 31.7 Å². The van der Waals surface area contributed by atoms with Gasteiger partial charge in [0.15, 0.2) is 0 Å². The predicted octanol–water partition coefficient (Wildman–Crippen LogP) is 1.57. The largest absolute Gasteiger partial charge is 0.354 e. The highest BCUT2D eigenvalue weighted by Gasteiger charge is 2.28. The van der Waals surface area contributed by atoms with Crippen LogP contribution >= 0.6 is 0 Å². The maximum Gasteiger partial charge on any atom is 0.238 e. The Morgan fingerprint density at radius 3 is 2.96 bits per heavy atom. The van der Waals surface area contributed by atoms with E-state index in [4.69, 9.17) is 0 Å². The molecule has 1 aromatic carbocycles. The average molecular weight is 327 g/mol. The molecule has 2 unspecified atom stereocenters. The summed E-state index contributed by atoms with van der Waals surface area (Å²) in [6, 6.07) is 10.3. The molecule has 0 radical (unpaired) electrons. The number of carbonyl (C=O) groups is 1. The smallest absolute Gasteiger partial charge is 0.238 e. The van der Waals surface area contributed by atoms with Crippen molar-refractivity contribution in [3.63, 3.8) is 0 Å². The Labute approximate surface area is 142 Å². The highest BCUT2D eigenvalue weighted by atomic mass is 16.2. The first-order valence-corrected chi connectivity index (χ1v) is 8.64. The summed E-state index contributed by atoms with van der Waals surface area (Å²) in [5.74, 6) is 0.0663. The van der Waals surface area contributed by atoms with E-state index < -0.39 is 0 Å². The third-order valence-electron chi connectivity index (χ3n) is 4.31. The molecule has 0 saturated carbocycles. The Hall–Kier alpha value is -2.18. The Morgan fingerprint density at radius 2 is 2.17 bits per heavy atom. The van der Waals surface area contributed by atoms with E-state index in [1.165, 1.54) is 0 Å². The number of para-hydroxylation sites is 1. The van der Waals surface area contributed by atoms with Crippen LogP contribution in [0.15, 0.2) is 42.7 Å². The summed E-state index contributed by atoms with van der Waals surface area (Å²) in [4.78, 5) is 12.2. The Kier molecular flexibility index (Phi) is 5.61. The molecule has 24 heavy (non-hydrogen) atoms. The summed E-state index contributed by atoms with van der Waals surface area (Å²) in [7, 11) is 0. The lowest BCUT2D eigenvalue weighted by molar-refractivity contribution is -0.122. The normalized spacial score (nSPS) is 20.2. The first-order valence-electron chi connectivity index (χ1n) is 8.64. The molecule has 128 valence electrons. The van der Waals surface area contributed by atoms with Crippen LogP contribution in [0.25, 0.3) is 5.69 Å². The van der Waals surface area contributed by atoms with E-state index in [2.05, 4.69) is 28.2 Å². The van der Waals surface area contributed by atoms with Crippen LogP contribution in [0, 0.1) is 0 Å². The van der Waals surface area contributed by atoms with Gasteiger partial charge in [-0.05, 0) is 37.0 Å². The molecule has 0 aliphatic carbocycles. The van der Waals surface area contributed by atoms with Crippen molar-refractivity contribution in [2.24, 2.45) is 0 Å². The SMILES string of the molecule is CCCC1CC(C(=O)NCCc2cnn(-c3ccccc3)c2)NN1. The summed E-state index contributed by atoms with van der Waals surface area (Å²) in [5, 5.41) is 7.38. The monoisotopic (exact) mass is 327 g/mol. The van der Waals surface area contributed by atoms with Gasteiger partial charge in [-0.2, -0.15) is 5.10 Å². The third-order valence-corrected chi connectivity index (χ3v) is 4.31. The van der Waals surface area contributed by atoms with Crippen molar-refractivity contribution in [2.75, 3.05) is 6.54 Å². The molecule has 6 nitrogen and oxygen atoms in total. The van der Waals surface area contributed by atoms with Gasteiger partial charge in [-0.3, -0.25) is 10.2 Å². The summed E-state index contributed by atoms with van der Waals surface area (Å²) in [6.07, 6.45) is 7.71. The minimum Gasteiger partial charge on any atom is -0.354 e. The van der Waals surface area contributed by atoms with Crippen molar-refractivity contribution in [2.45, 2.75) is 44.7 Å². The van der Waals surface area contributed by atoms with Gasteiger partial charge in [0.05, 0.1) is 11.9 Å². The number of aromatic nitrogens is 2. The molecule has 3 rings (SSSR count). The van der Waals surface area contributed by atoms with E-state index in [1.807, 2.05) is 47.4 Å². The van der Waals surface area contributed by atoms with Crippen molar-refractivity contribution in [1.29, 1.82) is 0 Å². The van der Waals surface area contributed by atoms with Crippen LogP contribution in [0.2, 0.25) is 0 Å². The molecule has 1 aromatic heterocycles. The number of nitrogens with zero attached hydrogens (tertiary/aromatic N) is 2. The quantitative estimate of drug-likeness (QED) is 0.722. The first-order chi connectivity index (χ1) is 11.8. The molecule has 1 fully saturated rings. The molecule has 2 atom stereocenters. The second-order valence-corrected chi connectivity index (χ2v) is 6.23. The molecule has 6 heteroatoms. The molecule has 1 saturated heterocycles. The number of rotatable bonds is 7. The van der Waals surface area contributed by atoms with Gasteiger partial charge in [-0.1, -0.05) is 31.5 Å². The third kappa shape index (κ3) is 4.21. The molecule has 1 aliphatic heterocycles. The Bertz CT molecular complexity index is 654. The number of hydrogen-bond acceptors (Lipinski definition) is 4. The lowest BCUT2D eigenvalue weighted by Crippen LogP contribution is -2.43. The molecule has 0 spiro atoms. The average Bonchev–Trinajstić information content (AvgIpc) is 3.26. The Balaban J connectivity index is 1.44. The van der Waals surface area contributed by atoms with E-state index in [9.17, 15) is 4.79 Å². The van der Waals surface area contributed by atoms with Gasteiger partial charge in [0.25, 0.3) is 0 Å². The van der Waals surface area contributed by atoms with Gasteiger partial charge in [0, 0.05) is 18.8 Å². The van der Waals surface area contributed by atoms with Gasteiger partial charge >= 0.3 is 0 Å². The zero-order valence-corrected chi connectivity index (χ0v) is 14.0. The van der Waals surface area contributed by atoms with Crippen LogP contribution in [-0.2, 0) is 11.2 Å². The molecular weight excluding hydrogens is 302 g/mol. The van der Waals surface area contributed by atoms with Crippen molar-refractivity contribution in [1.82, 2.24) is 25.9 Å². The number of carbonyl (C=O) groups excluding carboxylic acids is 1. The topological polar surface area (TPSA) is 71.0 Å². The second kappa shape index (κ2) is 8.08. The summed E-state index contributed by atoms with van der Waals surface area (Å²) in [6.45, 7) is 2.78. The fourth-order valence-electron chi connectivity index (χ4n) is 3.00. The molecular formula is C18H25N5O. The highest BCUT2D eigenvalue weighted by molar-refractivity contribution is 5.82. The van der Waals surface area contributed by atoms with Gasteiger partial charge in [-0.15, -0.1) is 0 Å². The standard InChI is InChI=1S/C18H25N5O/c1-2-6-15-11-17(22-21-15)18(24)19-10-9-14-12-20-23(13-14)16-7-4-3-5-8-16/h3-5,7-8,12-13,15,17,21-22H,2,6,9-11H2,1H3,(H,19,24). The highest BCUT2D eigenvalue weighted by Crippen LogP contribution is 2.10. The van der Waals surface area contributed by atoms with Crippen LogP contribution in [0.3, 0.4) is 0 Å². The molecule has 0 bridgehead atoms. The summed E-state index contributed by atoms with van der Waals surface area (Å²) >= 11 is 0. The predicted molar refractivity (Wildman–Crippen MR) is 93.7 cm³/mol. The summed E-state index contributed by atoms with van der Waals surface area (Å²) < 4.78 is 1.86. The molecule has 1 aliphatic rings. The van der Waals surface area contributed by atoms with E-state index in [0.29, 0.717) is 12.6 Å².